The van der Waals surface area contributed by atoms with E-state index in [-0.39, 0.29) is 5.69 Å². The Morgan fingerprint density at radius 3 is 2.71 bits per heavy atom. The predicted molar refractivity (Wildman–Crippen MR) is 68.0 cm³/mol. The maximum absolute atomic E-state index is 11.9. The van der Waals surface area contributed by atoms with Crippen molar-refractivity contribution >= 4 is 15.9 Å². The third-order valence-corrected chi connectivity index (χ3v) is 3.92. The van der Waals surface area contributed by atoms with Crippen LogP contribution in [0.1, 0.15) is 17.1 Å². The average molecular weight is 297 g/mol. The molecule has 6 heteroatoms. The summed E-state index contributed by atoms with van der Waals surface area (Å²) in [5.41, 5.74) is 2.33. The lowest BCUT2D eigenvalue weighted by Gasteiger charge is -2.12. The van der Waals surface area contributed by atoms with Gasteiger partial charge >= 0.3 is 5.69 Å². The maximum atomic E-state index is 11.9. The van der Waals surface area contributed by atoms with E-state index in [9.17, 15) is 4.79 Å². The van der Waals surface area contributed by atoms with Crippen molar-refractivity contribution in [2.45, 2.75) is 20.4 Å². The number of nitrogens with zero attached hydrogens (tertiary/aromatic N) is 4. The zero-order chi connectivity index (χ0) is 12.6. The highest BCUT2D eigenvalue weighted by Crippen LogP contribution is 2.17. The van der Waals surface area contributed by atoms with Crippen LogP contribution in [0, 0.1) is 13.8 Å². The summed E-state index contributed by atoms with van der Waals surface area (Å²) in [6.45, 7) is 4.19. The van der Waals surface area contributed by atoms with Crippen LogP contribution in [0.5, 0.6) is 0 Å². The first-order chi connectivity index (χ1) is 8.00. The molecule has 0 amide bonds. The Morgan fingerprint density at radius 1 is 1.41 bits per heavy atom. The molecule has 0 unspecified atom stereocenters. The van der Waals surface area contributed by atoms with Gasteiger partial charge in [0.05, 0.1) is 28.7 Å². The summed E-state index contributed by atoms with van der Waals surface area (Å²) in [7, 11) is 1.90. The molecule has 0 aliphatic heterocycles. The van der Waals surface area contributed by atoms with E-state index >= 15 is 0 Å². The molecule has 0 N–H and O–H groups in total. The molecule has 5 nitrogen and oxygen atoms in total. The van der Waals surface area contributed by atoms with Crippen molar-refractivity contribution in [3.63, 3.8) is 0 Å². The number of hydrogen-bond acceptors (Lipinski definition) is 3. The van der Waals surface area contributed by atoms with Crippen LogP contribution in [0.3, 0.4) is 0 Å². The highest BCUT2D eigenvalue weighted by atomic mass is 79.9. The molecule has 0 aliphatic carbocycles. The molecule has 90 valence electrons. The first-order valence-corrected chi connectivity index (χ1v) is 5.98. The Kier molecular flexibility index (Phi) is 3.15. The standard InChI is InChI=1S/C11H13BrN4O/c1-7-10(12)8(2)16(11(17)14-7)5-9-4-13-6-15(9)3/h4,6H,5H2,1-3H3. The molecule has 17 heavy (non-hydrogen) atoms. The summed E-state index contributed by atoms with van der Waals surface area (Å²) in [6, 6.07) is 0. The molecule has 0 aliphatic rings. The number of rotatable bonds is 2. The van der Waals surface area contributed by atoms with Crippen LogP contribution in [-0.4, -0.2) is 19.1 Å². The molecular weight excluding hydrogens is 284 g/mol. The second kappa shape index (κ2) is 4.44. The molecule has 2 rings (SSSR count). The van der Waals surface area contributed by atoms with Gasteiger partial charge < -0.3 is 4.57 Å². The molecule has 0 aromatic carbocycles. The Morgan fingerprint density at radius 2 is 2.12 bits per heavy atom. The SMILES string of the molecule is Cc1nc(=O)n(Cc2cncn2C)c(C)c1Br. The Balaban J connectivity index is 2.51. The third kappa shape index (κ3) is 2.17. The summed E-state index contributed by atoms with van der Waals surface area (Å²) in [5, 5.41) is 0. The lowest BCUT2D eigenvalue weighted by atomic mass is 10.3. The molecule has 0 saturated heterocycles. The van der Waals surface area contributed by atoms with Gasteiger partial charge in [0.15, 0.2) is 0 Å². The second-order valence-corrected chi connectivity index (χ2v) is 4.75. The van der Waals surface area contributed by atoms with E-state index in [1.165, 1.54) is 0 Å². The monoisotopic (exact) mass is 296 g/mol. The van der Waals surface area contributed by atoms with Gasteiger partial charge in [0, 0.05) is 18.9 Å². The van der Waals surface area contributed by atoms with Crippen molar-refractivity contribution in [2.24, 2.45) is 7.05 Å². The zero-order valence-electron chi connectivity index (χ0n) is 9.94. The van der Waals surface area contributed by atoms with Crippen LogP contribution in [0.15, 0.2) is 21.8 Å². The normalized spacial score (nSPS) is 10.8. The summed E-state index contributed by atoms with van der Waals surface area (Å²) in [5.74, 6) is 0. The molecule has 2 aromatic heterocycles. The van der Waals surface area contributed by atoms with Crippen LogP contribution < -0.4 is 5.69 Å². The molecule has 0 fully saturated rings. The van der Waals surface area contributed by atoms with Crippen molar-refractivity contribution in [3.8, 4) is 0 Å². The molecule has 2 aromatic rings. The second-order valence-electron chi connectivity index (χ2n) is 3.96. The lowest BCUT2D eigenvalue weighted by Crippen LogP contribution is -2.27. The minimum absolute atomic E-state index is 0.232. The van der Waals surface area contributed by atoms with Gasteiger partial charge in [-0.25, -0.2) is 9.78 Å². The highest BCUT2D eigenvalue weighted by Gasteiger charge is 2.10. The van der Waals surface area contributed by atoms with Crippen LogP contribution >= 0.6 is 15.9 Å². The van der Waals surface area contributed by atoms with Gasteiger partial charge in [-0.15, -0.1) is 0 Å². The average Bonchev–Trinajstić information content (AvgIpc) is 2.67. The molecule has 0 saturated carbocycles. The molecule has 0 bridgehead atoms. The molecule has 0 radical (unpaired) electrons. The van der Waals surface area contributed by atoms with E-state index in [0.717, 1.165) is 15.9 Å². The van der Waals surface area contributed by atoms with Gasteiger partial charge in [-0.3, -0.25) is 4.57 Å². The number of halogens is 1. The highest BCUT2D eigenvalue weighted by molar-refractivity contribution is 9.10. The molecular formula is C11H13BrN4O. The quantitative estimate of drug-likeness (QED) is 0.842. The van der Waals surface area contributed by atoms with E-state index < -0.39 is 0 Å². The smallest absolute Gasteiger partial charge is 0.336 e. The van der Waals surface area contributed by atoms with Crippen LogP contribution in [0.25, 0.3) is 0 Å². The fraction of sp³-hybridized carbons (Fsp3) is 0.364. The van der Waals surface area contributed by atoms with Crippen molar-refractivity contribution in [3.05, 3.63) is 44.6 Å². The van der Waals surface area contributed by atoms with E-state index in [1.807, 2.05) is 25.5 Å². The summed E-state index contributed by atoms with van der Waals surface area (Å²) < 4.78 is 4.40. The van der Waals surface area contributed by atoms with Crippen molar-refractivity contribution in [2.75, 3.05) is 0 Å². The van der Waals surface area contributed by atoms with Gasteiger partial charge in [-0.2, -0.15) is 4.98 Å². The van der Waals surface area contributed by atoms with E-state index in [2.05, 4.69) is 25.9 Å². The topological polar surface area (TPSA) is 52.7 Å². The van der Waals surface area contributed by atoms with Crippen molar-refractivity contribution in [1.82, 2.24) is 19.1 Å². The number of imidazole rings is 1. The number of hydrogen-bond donors (Lipinski definition) is 0. The zero-order valence-corrected chi connectivity index (χ0v) is 11.5. The number of aromatic nitrogens is 4. The van der Waals surface area contributed by atoms with E-state index in [1.54, 1.807) is 17.1 Å². The molecule has 2 heterocycles. The molecule has 0 spiro atoms. The van der Waals surface area contributed by atoms with Crippen LogP contribution in [-0.2, 0) is 13.6 Å². The van der Waals surface area contributed by atoms with E-state index in [0.29, 0.717) is 12.2 Å². The predicted octanol–water partition coefficient (Wildman–Crippen LogP) is 1.40. The van der Waals surface area contributed by atoms with Gasteiger partial charge in [0.25, 0.3) is 0 Å². The van der Waals surface area contributed by atoms with Gasteiger partial charge in [-0.05, 0) is 29.8 Å². The van der Waals surface area contributed by atoms with Crippen LogP contribution in [0.2, 0.25) is 0 Å². The largest absolute Gasteiger partial charge is 0.348 e. The van der Waals surface area contributed by atoms with E-state index in [4.69, 9.17) is 0 Å². The fourth-order valence-electron chi connectivity index (χ4n) is 1.66. The summed E-state index contributed by atoms with van der Waals surface area (Å²) in [6.07, 6.45) is 3.46. The Hall–Kier alpha value is -1.43. The van der Waals surface area contributed by atoms with Crippen molar-refractivity contribution < 1.29 is 0 Å². The van der Waals surface area contributed by atoms with Gasteiger partial charge in [0.2, 0.25) is 0 Å². The minimum Gasteiger partial charge on any atom is -0.336 e. The number of aryl methyl sites for hydroxylation is 2. The first-order valence-electron chi connectivity index (χ1n) is 5.19. The summed E-state index contributed by atoms with van der Waals surface area (Å²) >= 11 is 3.44. The van der Waals surface area contributed by atoms with Crippen LogP contribution in [0.4, 0.5) is 0 Å². The third-order valence-electron chi connectivity index (χ3n) is 2.77. The maximum Gasteiger partial charge on any atom is 0.348 e. The first kappa shape index (κ1) is 12.0. The summed E-state index contributed by atoms with van der Waals surface area (Å²) in [4.78, 5) is 19.9. The fourth-order valence-corrected chi connectivity index (χ4v) is 1.96. The van der Waals surface area contributed by atoms with Crippen molar-refractivity contribution in [1.29, 1.82) is 0 Å². The van der Waals surface area contributed by atoms with Gasteiger partial charge in [0.1, 0.15) is 0 Å². The Labute approximate surface area is 107 Å². The van der Waals surface area contributed by atoms with Gasteiger partial charge in [-0.1, -0.05) is 0 Å². The lowest BCUT2D eigenvalue weighted by molar-refractivity contribution is 0.653. The molecule has 0 atom stereocenters. The Bertz CT molecular complexity index is 614. The minimum atomic E-state index is -0.232.